The Hall–Kier alpha value is -2.33. The Labute approximate surface area is 129 Å². The van der Waals surface area contributed by atoms with E-state index in [0.717, 1.165) is 17.7 Å². The molecule has 0 radical (unpaired) electrons. The van der Waals surface area contributed by atoms with Crippen LogP contribution in [-0.4, -0.2) is 17.2 Å². The van der Waals surface area contributed by atoms with Crippen LogP contribution in [-0.2, 0) is 6.54 Å². The van der Waals surface area contributed by atoms with Gasteiger partial charge in [0.05, 0.1) is 11.7 Å². The van der Waals surface area contributed by atoms with Crippen molar-refractivity contribution in [1.29, 1.82) is 0 Å². The Kier molecular flexibility index (Phi) is 4.11. The second-order valence-corrected chi connectivity index (χ2v) is 5.64. The third kappa shape index (κ3) is 3.12. The number of hydrogen-bond acceptors (Lipinski definition) is 3. The van der Waals surface area contributed by atoms with Gasteiger partial charge in [0.1, 0.15) is 5.75 Å². The van der Waals surface area contributed by atoms with Crippen molar-refractivity contribution >= 4 is 5.97 Å². The Bertz CT molecular complexity index is 666. The second kappa shape index (κ2) is 6.20. The molecule has 0 saturated heterocycles. The third-order valence-electron chi connectivity index (χ3n) is 3.94. The molecule has 4 nitrogen and oxygen atoms in total. The molecule has 2 aromatic rings. The number of rotatable bonds is 4. The fourth-order valence-electron chi connectivity index (χ4n) is 2.80. The number of ether oxygens (including phenoxy) is 1. The number of benzene rings is 2. The van der Waals surface area contributed by atoms with E-state index in [-0.39, 0.29) is 12.1 Å². The highest BCUT2D eigenvalue weighted by molar-refractivity contribution is 5.87. The van der Waals surface area contributed by atoms with E-state index in [1.807, 2.05) is 30.3 Å². The standard InChI is InChI=1S/C18H19NO3/c1-12-10-16(15-4-2-3-5-17(15)22-12)19-11-13-6-8-14(9-7-13)18(20)21/h2-9,12,16,19H,10-11H2,1H3,(H,20,21)/t12-,16-/m1/s1. The monoisotopic (exact) mass is 297 g/mol. The van der Waals surface area contributed by atoms with Crippen molar-refractivity contribution in [3.63, 3.8) is 0 Å². The van der Waals surface area contributed by atoms with E-state index < -0.39 is 5.97 Å². The van der Waals surface area contributed by atoms with Crippen LogP contribution in [0.4, 0.5) is 0 Å². The number of carboxylic acid groups (broad SMARTS) is 1. The first kappa shape index (κ1) is 14.6. The van der Waals surface area contributed by atoms with Crippen LogP contribution in [0.5, 0.6) is 5.75 Å². The molecule has 4 heteroatoms. The zero-order valence-electron chi connectivity index (χ0n) is 12.5. The van der Waals surface area contributed by atoms with Gasteiger partial charge in [0.15, 0.2) is 0 Å². The van der Waals surface area contributed by atoms with Gasteiger partial charge in [0, 0.05) is 24.6 Å². The maximum absolute atomic E-state index is 10.9. The normalized spacial score (nSPS) is 20.0. The Morgan fingerprint density at radius 2 is 1.95 bits per heavy atom. The summed E-state index contributed by atoms with van der Waals surface area (Å²) in [4.78, 5) is 10.9. The van der Waals surface area contributed by atoms with E-state index in [9.17, 15) is 4.79 Å². The summed E-state index contributed by atoms with van der Waals surface area (Å²) in [6, 6.07) is 15.3. The van der Waals surface area contributed by atoms with E-state index in [4.69, 9.17) is 9.84 Å². The van der Waals surface area contributed by atoms with Gasteiger partial charge in [0.2, 0.25) is 0 Å². The first-order valence-electron chi connectivity index (χ1n) is 7.44. The third-order valence-corrected chi connectivity index (χ3v) is 3.94. The molecule has 0 unspecified atom stereocenters. The molecule has 2 aromatic carbocycles. The lowest BCUT2D eigenvalue weighted by Crippen LogP contribution is -2.31. The van der Waals surface area contributed by atoms with Crippen LogP contribution in [0.2, 0.25) is 0 Å². The maximum atomic E-state index is 10.9. The van der Waals surface area contributed by atoms with E-state index >= 15 is 0 Å². The van der Waals surface area contributed by atoms with Crippen molar-refractivity contribution in [1.82, 2.24) is 5.32 Å². The molecule has 0 aromatic heterocycles. The zero-order chi connectivity index (χ0) is 15.5. The van der Waals surface area contributed by atoms with Gasteiger partial charge in [-0.25, -0.2) is 4.79 Å². The largest absolute Gasteiger partial charge is 0.490 e. The van der Waals surface area contributed by atoms with Gasteiger partial charge in [0.25, 0.3) is 0 Å². The molecule has 2 N–H and O–H groups in total. The molecular formula is C18H19NO3. The number of hydrogen-bond donors (Lipinski definition) is 2. The second-order valence-electron chi connectivity index (χ2n) is 5.64. The summed E-state index contributed by atoms with van der Waals surface area (Å²) >= 11 is 0. The molecular weight excluding hydrogens is 278 g/mol. The minimum absolute atomic E-state index is 0.182. The number of fused-ring (bicyclic) bond motifs is 1. The number of nitrogens with one attached hydrogen (secondary N) is 1. The minimum atomic E-state index is -0.897. The molecule has 114 valence electrons. The number of para-hydroxylation sites is 1. The Morgan fingerprint density at radius 3 is 2.68 bits per heavy atom. The van der Waals surface area contributed by atoms with Crippen LogP contribution >= 0.6 is 0 Å². The Balaban J connectivity index is 1.70. The van der Waals surface area contributed by atoms with Crippen molar-refractivity contribution in [3.05, 3.63) is 65.2 Å². The van der Waals surface area contributed by atoms with Gasteiger partial charge >= 0.3 is 5.97 Å². The highest BCUT2D eigenvalue weighted by Crippen LogP contribution is 2.34. The van der Waals surface area contributed by atoms with Crippen LogP contribution in [0.25, 0.3) is 0 Å². The maximum Gasteiger partial charge on any atom is 0.335 e. The van der Waals surface area contributed by atoms with Gasteiger partial charge in [-0.1, -0.05) is 30.3 Å². The van der Waals surface area contributed by atoms with E-state index in [1.54, 1.807) is 12.1 Å². The molecule has 0 fully saturated rings. The number of aromatic carboxylic acids is 1. The molecule has 1 heterocycles. The summed E-state index contributed by atoms with van der Waals surface area (Å²) in [5.74, 6) is 0.0478. The molecule has 0 amide bonds. The molecule has 1 aliphatic heterocycles. The lowest BCUT2D eigenvalue weighted by atomic mass is 9.97. The molecule has 0 spiro atoms. The molecule has 1 aliphatic rings. The smallest absolute Gasteiger partial charge is 0.335 e. The molecule has 0 saturated carbocycles. The zero-order valence-corrected chi connectivity index (χ0v) is 12.5. The summed E-state index contributed by atoms with van der Waals surface area (Å²) in [6.45, 7) is 2.78. The van der Waals surface area contributed by atoms with Crippen LogP contribution < -0.4 is 10.1 Å². The fourth-order valence-corrected chi connectivity index (χ4v) is 2.80. The van der Waals surface area contributed by atoms with Crippen LogP contribution in [0.3, 0.4) is 0 Å². The number of carbonyl (C=O) groups is 1. The van der Waals surface area contributed by atoms with Crippen molar-refractivity contribution < 1.29 is 14.6 Å². The van der Waals surface area contributed by atoms with Gasteiger partial charge in [-0.15, -0.1) is 0 Å². The lowest BCUT2D eigenvalue weighted by molar-refractivity contribution is 0.0697. The first-order valence-corrected chi connectivity index (χ1v) is 7.44. The van der Waals surface area contributed by atoms with Gasteiger partial charge in [-0.2, -0.15) is 0 Å². The molecule has 3 rings (SSSR count). The average Bonchev–Trinajstić information content (AvgIpc) is 2.52. The topological polar surface area (TPSA) is 58.6 Å². The van der Waals surface area contributed by atoms with Crippen molar-refractivity contribution in [2.24, 2.45) is 0 Å². The summed E-state index contributed by atoms with van der Waals surface area (Å²) in [5.41, 5.74) is 2.57. The van der Waals surface area contributed by atoms with Gasteiger partial charge < -0.3 is 15.2 Å². The highest BCUT2D eigenvalue weighted by atomic mass is 16.5. The average molecular weight is 297 g/mol. The SMILES string of the molecule is C[C@@H]1C[C@@H](NCc2ccc(C(=O)O)cc2)c2ccccc2O1. The minimum Gasteiger partial charge on any atom is -0.490 e. The molecule has 22 heavy (non-hydrogen) atoms. The summed E-state index contributed by atoms with van der Waals surface area (Å²) in [5, 5.41) is 12.5. The highest BCUT2D eigenvalue weighted by Gasteiger charge is 2.24. The summed E-state index contributed by atoms with van der Waals surface area (Å²) in [6.07, 6.45) is 1.10. The molecule has 2 atom stereocenters. The molecule has 0 bridgehead atoms. The van der Waals surface area contributed by atoms with E-state index in [0.29, 0.717) is 12.1 Å². The lowest BCUT2D eigenvalue weighted by Gasteiger charge is -2.31. The van der Waals surface area contributed by atoms with Crippen LogP contribution in [0, 0.1) is 0 Å². The number of carboxylic acids is 1. The predicted octanol–water partition coefficient (Wildman–Crippen LogP) is 3.39. The summed E-state index contributed by atoms with van der Waals surface area (Å²) < 4.78 is 5.85. The van der Waals surface area contributed by atoms with Crippen molar-refractivity contribution in [2.45, 2.75) is 32.0 Å². The Morgan fingerprint density at radius 1 is 1.23 bits per heavy atom. The van der Waals surface area contributed by atoms with E-state index in [2.05, 4.69) is 18.3 Å². The van der Waals surface area contributed by atoms with E-state index in [1.165, 1.54) is 5.56 Å². The van der Waals surface area contributed by atoms with Crippen molar-refractivity contribution in [3.8, 4) is 5.75 Å². The first-order chi connectivity index (χ1) is 10.6. The van der Waals surface area contributed by atoms with Crippen LogP contribution in [0.15, 0.2) is 48.5 Å². The van der Waals surface area contributed by atoms with Crippen LogP contribution in [0.1, 0.15) is 40.9 Å². The fraction of sp³-hybridized carbons (Fsp3) is 0.278. The summed E-state index contributed by atoms with van der Waals surface area (Å²) in [7, 11) is 0. The quantitative estimate of drug-likeness (QED) is 0.908. The van der Waals surface area contributed by atoms with Gasteiger partial charge in [-0.3, -0.25) is 0 Å². The van der Waals surface area contributed by atoms with Gasteiger partial charge in [-0.05, 0) is 30.7 Å². The molecule has 0 aliphatic carbocycles. The predicted molar refractivity (Wildman–Crippen MR) is 84.1 cm³/mol. The van der Waals surface area contributed by atoms with Crippen molar-refractivity contribution in [2.75, 3.05) is 0 Å².